The van der Waals surface area contributed by atoms with Crippen molar-refractivity contribution in [1.82, 2.24) is 24.8 Å². The monoisotopic (exact) mass is 376 g/mol. The standard InChI is InChI=1S/C21H24N6O/c1-2-7-23-18(4-1)21-25-19(17-5-9-22-10-6-17)16-20(26-21)24-8-3-11-27-12-14-28-15-13-27/h1-2,4-7,9-10,16H,3,8,11-15H2,(H,24,25,26). The maximum Gasteiger partial charge on any atom is 0.180 e. The van der Waals surface area contributed by atoms with Crippen molar-refractivity contribution in [3.8, 4) is 22.8 Å². The number of rotatable bonds is 7. The van der Waals surface area contributed by atoms with Crippen LogP contribution in [0.1, 0.15) is 6.42 Å². The summed E-state index contributed by atoms with van der Waals surface area (Å²) in [4.78, 5) is 20.3. The fraction of sp³-hybridized carbons (Fsp3) is 0.333. The molecule has 7 heteroatoms. The Morgan fingerprint density at radius 2 is 1.82 bits per heavy atom. The van der Waals surface area contributed by atoms with E-state index < -0.39 is 0 Å². The molecule has 0 amide bonds. The second-order valence-corrected chi connectivity index (χ2v) is 6.65. The lowest BCUT2D eigenvalue weighted by molar-refractivity contribution is 0.0378. The van der Waals surface area contributed by atoms with Crippen molar-refractivity contribution in [3.05, 3.63) is 55.0 Å². The lowest BCUT2D eigenvalue weighted by atomic mass is 10.2. The lowest BCUT2D eigenvalue weighted by Crippen LogP contribution is -2.37. The van der Waals surface area contributed by atoms with Crippen molar-refractivity contribution in [2.75, 3.05) is 44.7 Å². The highest BCUT2D eigenvalue weighted by molar-refractivity contribution is 5.65. The quantitative estimate of drug-likeness (QED) is 0.635. The molecule has 0 aromatic carbocycles. The number of hydrogen-bond acceptors (Lipinski definition) is 7. The molecular weight excluding hydrogens is 352 g/mol. The van der Waals surface area contributed by atoms with Crippen LogP contribution in [0.3, 0.4) is 0 Å². The first-order valence-corrected chi connectivity index (χ1v) is 9.63. The van der Waals surface area contributed by atoms with E-state index in [9.17, 15) is 0 Å². The molecule has 3 aromatic heterocycles. The number of anilines is 1. The Morgan fingerprint density at radius 1 is 0.964 bits per heavy atom. The van der Waals surface area contributed by atoms with E-state index in [4.69, 9.17) is 9.72 Å². The van der Waals surface area contributed by atoms with E-state index in [0.29, 0.717) is 5.82 Å². The second-order valence-electron chi connectivity index (χ2n) is 6.65. The molecule has 1 aliphatic heterocycles. The normalized spacial score (nSPS) is 14.7. The first kappa shape index (κ1) is 18.5. The molecule has 3 aromatic rings. The van der Waals surface area contributed by atoms with Crippen molar-refractivity contribution in [2.45, 2.75) is 6.42 Å². The molecule has 7 nitrogen and oxygen atoms in total. The predicted molar refractivity (Wildman–Crippen MR) is 109 cm³/mol. The molecule has 144 valence electrons. The number of morpholine rings is 1. The van der Waals surface area contributed by atoms with Gasteiger partial charge < -0.3 is 10.1 Å². The average molecular weight is 376 g/mol. The first-order chi connectivity index (χ1) is 13.9. The molecule has 1 saturated heterocycles. The van der Waals surface area contributed by atoms with Gasteiger partial charge in [0.1, 0.15) is 11.5 Å². The molecule has 4 heterocycles. The number of pyridine rings is 2. The molecule has 0 radical (unpaired) electrons. The zero-order chi connectivity index (χ0) is 19.0. The highest BCUT2D eigenvalue weighted by Crippen LogP contribution is 2.23. The van der Waals surface area contributed by atoms with Gasteiger partial charge >= 0.3 is 0 Å². The van der Waals surface area contributed by atoms with Gasteiger partial charge in [0.15, 0.2) is 5.82 Å². The SMILES string of the molecule is c1ccc(-c2nc(NCCCN3CCOCC3)cc(-c3ccncc3)n2)nc1. The fourth-order valence-corrected chi connectivity index (χ4v) is 3.16. The highest BCUT2D eigenvalue weighted by Gasteiger charge is 2.11. The topological polar surface area (TPSA) is 76.1 Å². The summed E-state index contributed by atoms with van der Waals surface area (Å²) in [5, 5.41) is 3.45. The molecule has 0 aliphatic carbocycles. The van der Waals surface area contributed by atoms with E-state index in [1.165, 1.54) is 0 Å². The summed E-state index contributed by atoms with van der Waals surface area (Å²) in [5.41, 5.74) is 2.62. The predicted octanol–water partition coefficient (Wildman–Crippen LogP) is 2.73. The number of hydrogen-bond donors (Lipinski definition) is 1. The molecule has 0 unspecified atom stereocenters. The van der Waals surface area contributed by atoms with Gasteiger partial charge in [0.2, 0.25) is 0 Å². The van der Waals surface area contributed by atoms with E-state index in [1.807, 2.05) is 36.4 Å². The van der Waals surface area contributed by atoms with Gasteiger partial charge in [-0.3, -0.25) is 14.9 Å². The third-order valence-corrected chi connectivity index (χ3v) is 4.66. The van der Waals surface area contributed by atoms with Crippen molar-refractivity contribution in [1.29, 1.82) is 0 Å². The van der Waals surface area contributed by atoms with Crippen molar-refractivity contribution < 1.29 is 4.74 Å². The van der Waals surface area contributed by atoms with E-state index in [2.05, 4.69) is 25.2 Å². The molecular formula is C21H24N6O. The lowest BCUT2D eigenvalue weighted by Gasteiger charge is -2.26. The minimum atomic E-state index is 0.616. The Bertz CT molecular complexity index is 811. The summed E-state index contributed by atoms with van der Waals surface area (Å²) in [7, 11) is 0. The van der Waals surface area contributed by atoms with E-state index >= 15 is 0 Å². The van der Waals surface area contributed by atoms with Gasteiger partial charge in [-0.15, -0.1) is 0 Å². The van der Waals surface area contributed by atoms with Crippen LogP contribution in [0.5, 0.6) is 0 Å². The van der Waals surface area contributed by atoms with E-state index in [1.54, 1.807) is 18.6 Å². The number of ether oxygens (including phenoxy) is 1. The first-order valence-electron chi connectivity index (χ1n) is 9.63. The van der Waals surface area contributed by atoms with Gasteiger partial charge in [-0.25, -0.2) is 9.97 Å². The van der Waals surface area contributed by atoms with Crippen LogP contribution in [0.25, 0.3) is 22.8 Å². The molecule has 0 atom stereocenters. The summed E-state index contributed by atoms with van der Waals surface area (Å²) in [6.45, 7) is 5.62. The Balaban J connectivity index is 1.49. The minimum absolute atomic E-state index is 0.616. The maximum absolute atomic E-state index is 5.40. The zero-order valence-electron chi connectivity index (χ0n) is 15.8. The fourth-order valence-electron chi connectivity index (χ4n) is 3.16. The molecule has 4 rings (SSSR count). The van der Waals surface area contributed by atoms with Crippen LogP contribution in [0, 0.1) is 0 Å². The molecule has 0 spiro atoms. The molecule has 1 N–H and O–H groups in total. The van der Waals surface area contributed by atoms with Gasteiger partial charge in [0.05, 0.1) is 18.9 Å². The second kappa shape index (κ2) is 9.34. The van der Waals surface area contributed by atoms with Crippen molar-refractivity contribution in [3.63, 3.8) is 0 Å². The summed E-state index contributed by atoms with van der Waals surface area (Å²) >= 11 is 0. The maximum atomic E-state index is 5.40. The molecule has 1 fully saturated rings. The van der Waals surface area contributed by atoms with Gasteiger partial charge in [0.25, 0.3) is 0 Å². The Hall–Kier alpha value is -2.90. The Morgan fingerprint density at radius 3 is 2.61 bits per heavy atom. The summed E-state index contributed by atoms with van der Waals surface area (Å²) < 4.78 is 5.40. The van der Waals surface area contributed by atoms with Gasteiger partial charge in [0, 0.05) is 49.9 Å². The number of aromatic nitrogens is 4. The van der Waals surface area contributed by atoms with Crippen LogP contribution < -0.4 is 5.32 Å². The van der Waals surface area contributed by atoms with Crippen LogP contribution in [0.15, 0.2) is 55.0 Å². The van der Waals surface area contributed by atoms with Gasteiger partial charge in [-0.05, 0) is 37.2 Å². The van der Waals surface area contributed by atoms with Crippen LogP contribution >= 0.6 is 0 Å². The van der Waals surface area contributed by atoms with Crippen molar-refractivity contribution >= 4 is 5.82 Å². The molecule has 0 bridgehead atoms. The molecule has 0 saturated carbocycles. The van der Waals surface area contributed by atoms with Gasteiger partial charge in [-0.2, -0.15) is 0 Å². The summed E-state index contributed by atoms with van der Waals surface area (Å²) in [6, 6.07) is 11.6. The average Bonchev–Trinajstić information content (AvgIpc) is 2.78. The molecule has 28 heavy (non-hydrogen) atoms. The smallest absolute Gasteiger partial charge is 0.180 e. The number of nitrogens with one attached hydrogen (secondary N) is 1. The van der Waals surface area contributed by atoms with Crippen LogP contribution in [0.2, 0.25) is 0 Å². The van der Waals surface area contributed by atoms with Crippen molar-refractivity contribution in [2.24, 2.45) is 0 Å². The van der Waals surface area contributed by atoms with Crippen LogP contribution in [-0.2, 0) is 4.74 Å². The van der Waals surface area contributed by atoms with Crippen LogP contribution in [-0.4, -0.2) is 64.2 Å². The molecule has 1 aliphatic rings. The van der Waals surface area contributed by atoms with E-state index in [0.717, 1.165) is 68.6 Å². The largest absolute Gasteiger partial charge is 0.379 e. The van der Waals surface area contributed by atoms with Gasteiger partial charge in [-0.1, -0.05) is 6.07 Å². The number of nitrogens with zero attached hydrogens (tertiary/aromatic N) is 5. The summed E-state index contributed by atoms with van der Waals surface area (Å²) in [5.74, 6) is 1.43. The van der Waals surface area contributed by atoms with E-state index in [-0.39, 0.29) is 0 Å². The Labute approximate surface area is 164 Å². The third-order valence-electron chi connectivity index (χ3n) is 4.66. The zero-order valence-corrected chi connectivity index (χ0v) is 15.8. The summed E-state index contributed by atoms with van der Waals surface area (Å²) in [6.07, 6.45) is 6.35. The highest BCUT2D eigenvalue weighted by atomic mass is 16.5. The van der Waals surface area contributed by atoms with Crippen LogP contribution in [0.4, 0.5) is 5.82 Å². The Kier molecular flexibility index (Phi) is 6.16. The minimum Gasteiger partial charge on any atom is -0.379 e. The third kappa shape index (κ3) is 4.88.